The van der Waals surface area contributed by atoms with Crippen LogP contribution in [0.1, 0.15) is 24.3 Å². The number of carbonyl (C=O) groups excluding carboxylic acids is 2. The molecule has 0 bridgehead atoms. The van der Waals surface area contributed by atoms with E-state index in [0.717, 1.165) is 0 Å². The summed E-state index contributed by atoms with van der Waals surface area (Å²) in [7, 11) is 0. The van der Waals surface area contributed by atoms with Crippen LogP contribution in [0.2, 0.25) is 0 Å². The van der Waals surface area contributed by atoms with Crippen LogP contribution in [0.15, 0.2) is 12.4 Å². The molecule has 0 aromatic carbocycles. The number of nitrogens with two attached hydrogens (primary N) is 1. The maximum atomic E-state index is 11.5. The van der Waals surface area contributed by atoms with Gasteiger partial charge in [-0.15, -0.1) is 0 Å². The van der Waals surface area contributed by atoms with Crippen molar-refractivity contribution in [3.05, 3.63) is 18.1 Å². The first-order chi connectivity index (χ1) is 8.50. The van der Waals surface area contributed by atoms with Gasteiger partial charge < -0.3 is 15.8 Å². The summed E-state index contributed by atoms with van der Waals surface area (Å²) in [5, 5.41) is 2.62. The molecule has 7 nitrogen and oxygen atoms in total. The molecule has 1 aromatic rings. The average Bonchev–Trinajstić information content (AvgIpc) is 2.34. The number of esters is 1. The van der Waals surface area contributed by atoms with Crippen molar-refractivity contribution in [3.63, 3.8) is 0 Å². The molecule has 1 heterocycles. The molecule has 7 heteroatoms. The summed E-state index contributed by atoms with van der Waals surface area (Å²) in [6.07, 6.45) is 2.69. The van der Waals surface area contributed by atoms with Gasteiger partial charge in [0.1, 0.15) is 0 Å². The van der Waals surface area contributed by atoms with E-state index in [1.54, 1.807) is 0 Å². The van der Waals surface area contributed by atoms with Gasteiger partial charge in [-0.05, 0) is 5.92 Å². The van der Waals surface area contributed by atoms with Crippen molar-refractivity contribution in [2.45, 2.75) is 13.8 Å². The number of nitrogen functional groups attached to an aromatic ring is 1. The van der Waals surface area contributed by atoms with Gasteiger partial charge >= 0.3 is 5.97 Å². The van der Waals surface area contributed by atoms with Gasteiger partial charge in [-0.2, -0.15) is 0 Å². The number of carbonyl (C=O) groups is 2. The summed E-state index contributed by atoms with van der Waals surface area (Å²) >= 11 is 0. The van der Waals surface area contributed by atoms with Crippen LogP contribution in [0.3, 0.4) is 0 Å². The Balaban J connectivity index is 2.42. The predicted molar refractivity (Wildman–Crippen MR) is 64.6 cm³/mol. The van der Waals surface area contributed by atoms with Crippen LogP contribution in [0.4, 0.5) is 5.82 Å². The van der Waals surface area contributed by atoms with E-state index in [1.165, 1.54) is 12.4 Å². The first-order valence-corrected chi connectivity index (χ1v) is 5.51. The molecule has 0 atom stereocenters. The fourth-order valence-corrected chi connectivity index (χ4v) is 1.07. The normalized spacial score (nSPS) is 10.2. The van der Waals surface area contributed by atoms with Crippen LogP contribution >= 0.6 is 0 Å². The van der Waals surface area contributed by atoms with E-state index < -0.39 is 5.97 Å². The molecule has 0 unspecified atom stereocenters. The Morgan fingerprint density at radius 2 is 2.06 bits per heavy atom. The molecule has 0 saturated heterocycles. The highest BCUT2D eigenvalue weighted by Crippen LogP contribution is 2.04. The predicted octanol–water partition coefficient (Wildman–Crippen LogP) is -0.0122. The number of hydrogen-bond donors (Lipinski definition) is 2. The van der Waals surface area contributed by atoms with Crippen LogP contribution < -0.4 is 11.1 Å². The average molecular weight is 252 g/mol. The fourth-order valence-electron chi connectivity index (χ4n) is 1.07. The molecule has 0 saturated carbocycles. The largest absolute Gasteiger partial charge is 0.451 e. The maximum Gasteiger partial charge on any atom is 0.361 e. The van der Waals surface area contributed by atoms with Crippen molar-refractivity contribution in [2.24, 2.45) is 5.92 Å². The number of nitrogens with one attached hydrogen (secondary N) is 1. The fraction of sp³-hybridized carbons (Fsp3) is 0.455. The summed E-state index contributed by atoms with van der Waals surface area (Å²) in [5.74, 6) is -0.815. The van der Waals surface area contributed by atoms with E-state index >= 15 is 0 Å². The smallest absolute Gasteiger partial charge is 0.361 e. The topological polar surface area (TPSA) is 107 Å². The molecule has 0 spiro atoms. The molecule has 98 valence electrons. The van der Waals surface area contributed by atoms with Crippen LogP contribution in [0, 0.1) is 5.92 Å². The molecule has 1 aromatic heterocycles. The van der Waals surface area contributed by atoms with Gasteiger partial charge in [0.15, 0.2) is 18.1 Å². The minimum absolute atomic E-state index is 0.0231. The van der Waals surface area contributed by atoms with Gasteiger partial charge in [0, 0.05) is 18.9 Å². The number of rotatable bonds is 5. The lowest BCUT2D eigenvalue weighted by molar-refractivity contribution is -0.124. The Kier molecular flexibility index (Phi) is 5.04. The second-order valence-electron chi connectivity index (χ2n) is 4.06. The van der Waals surface area contributed by atoms with E-state index in [4.69, 9.17) is 10.5 Å². The van der Waals surface area contributed by atoms with E-state index in [0.29, 0.717) is 12.5 Å². The van der Waals surface area contributed by atoms with E-state index in [-0.39, 0.29) is 24.0 Å². The highest BCUT2D eigenvalue weighted by molar-refractivity contribution is 5.93. The molecule has 0 aliphatic heterocycles. The number of nitrogens with zero attached hydrogens (tertiary/aromatic N) is 2. The van der Waals surface area contributed by atoms with E-state index in [1.807, 2.05) is 13.8 Å². The van der Waals surface area contributed by atoms with Crippen LogP contribution in [0.5, 0.6) is 0 Å². The Morgan fingerprint density at radius 3 is 2.67 bits per heavy atom. The maximum absolute atomic E-state index is 11.5. The third kappa shape index (κ3) is 4.36. The summed E-state index contributed by atoms with van der Waals surface area (Å²) in [4.78, 5) is 30.3. The Morgan fingerprint density at radius 1 is 1.39 bits per heavy atom. The molecular weight excluding hydrogens is 236 g/mol. The van der Waals surface area contributed by atoms with Gasteiger partial charge in [0.25, 0.3) is 5.91 Å². The molecular formula is C11H16N4O3. The number of ether oxygens (including phenoxy) is 1. The molecule has 0 fully saturated rings. The first kappa shape index (κ1) is 13.9. The zero-order chi connectivity index (χ0) is 13.5. The molecule has 0 radical (unpaired) electrons. The third-order valence-corrected chi connectivity index (χ3v) is 1.96. The summed E-state index contributed by atoms with van der Waals surface area (Å²) in [6, 6.07) is 0. The summed E-state index contributed by atoms with van der Waals surface area (Å²) in [6.45, 7) is 4.10. The lowest BCUT2D eigenvalue weighted by atomic mass is 10.2. The van der Waals surface area contributed by atoms with Gasteiger partial charge in [-0.25, -0.2) is 14.8 Å². The highest BCUT2D eigenvalue weighted by atomic mass is 16.5. The van der Waals surface area contributed by atoms with Gasteiger partial charge in [-0.3, -0.25) is 4.79 Å². The number of hydrogen-bond acceptors (Lipinski definition) is 6. The van der Waals surface area contributed by atoms with Gasteiger partial charge in [-0.1, -0.05) is 13.8 Å². The molecule has 0 aliphatic carbocycles. The second-order valence-corrected chi connectivity index (χ2v) is 4.06. The summed E-state index contributed by atoms with van der Waals surface area (Å²) < 4.78 is 4.77. The van der Waals surface area contributed by atoms with Crippen LogP contribution in [0.25, 0.3) is 0 Å². The minimum atomic E-state index is -0.764. The van der Waals surface area contributed by atoms with Crippen molar-refractivity contribution in [1.82, 2.24) is 15.3 Å². The number of anilines is 1. The quantitative estimate of drug-likeness (QED) is 0.713. The van der Waals surface area contributed by atoms with Crippen molar-refractivity contribution in [3.8, 4) is 0 Å². The van der Waals surface area contributed by atoms with Crippen molar-refractivity contribution in [2.75, 3.05) is 18.9 Å². The number of aromatic nitrogens is 2. The summed E-state index contributed by atoms with van der Waals surface area (Å²) in [5.41, 5.74) is 5.36. The third-order valence-electron chi connectivity index (χ3n) is 1.96. The molecule has 1 rings (SSSR count). The monoisotopic (exact) mass is 252 g/mol. The molecule has 0 aliphatic rings. The van der Waals surface area contributed by atoms with E-state index in [2.05, 4.69) is 15.3 Å². The minimum Gasteiger partial charge on any atom is -0.451 e. The zero-order valence-corrected chi connectivity index (χ0v) is 10.3. The lowest BCUT2D eigenvalue weighted by Gasteiger charge is -2.08. The second kappa shape index (κ2) is 6.53. The molecule has 3 N–H and O–H groups in total. The number of amides is 1. The lowest BCUT2D eigenvalue weighted by Crippen LogP contribution is -2.31. The van der Waals surface area contributed by atoms with Crippen LogP contribution in [-0.2, 0) is 9.53 Å². The van der Waals surface area contributed by atoms with Gasteiger partial charge in [0.05, 0.1) is 0 Å². The van der Waals surface area contributed by atoms with Crippen LogP contribution in [-0.4, -0.2) is 35.0 Å². The Hall–Kier alpha value is -2.18. The molecule has 18 heavy (non-hydrogen) atoms. The first-order valence-electron chi connectivity index (χ1n) is 5.51. The molecule has 1 amide bonds. The zero-order valence-electron chi connectivity index (χ0n) is 10.3. The van der Waals surface area contributed by atoms with Crippen molar-refractivity contribution >= 4 is 17.7 Å². The Bertz CT molecular complexity index is 434. The Labute approximate surface area is 105 Å². The van der Waals surface area contributed by atoms with Crippen molar-refractivity contribution in [1.29, 1.82) is 0 Å². The van der Waals surface area contributed by atoms with Gasteiger partial charge in [0.2, 0.25) is 0 Å². The van der Waals surface area contributed by atoms with E-state index in [9.17, 15) is 9.59 Å². The standard InChI is InChI=1S/C11H16N4O3/c1-7(2)5-15-8(16)6-18-11(17)9-10(12)14-4-3-13-9/h3-4,7H,5-6H2,1-2H3,(H2,12,14)(H,15,16). The SMILES string of the molecule is CC(C)CNC(=O)COC(=O)c1nccnc1N. The van der Waals surface area contributed by atoms with Crippen molar-refractivity contribution < 1.29 is 14.3 Å². The highest BCUT2D eigenvalue weighted by Gasteiger charge is 2.15.